The van der Waals surface area contributed by atoms with Crippen LogP contribution in [0.5, 0.6) is 0 Å². The number of amides is 1. The van der Waals surface area contributed by atoms with Crippen LogP contribution in [0.2, 0.25) is 0 Å². The van der Waals surface area contributed by atoms with E-state index in [9.17, 15) is 9.59 Å². The number of carbonyl (C=O) groups is 1. The summed E-state index contributed by atoms with van der Waals surface area (Å²) in [6.07, 6.45) is 3.78. The Morgan fingerprint density at radius 3 is 2.76 bits per heavy atom. The molecule has 4 aromatic rings. The predicted octanol–water partition coefficient (Wildman–Crippen LogP) is 4.13. The second-order valence-corrected chi connectivity index (χ2v) is 10.7. The van der Waals surface area contributed by atoms with Gasteiger partial charge in [0.05, 0.1) is 29.1 Å². The van der Waals surface area contributed by atoms with Crippen LogP contribution in [0.1, 0.15) is 34.3 Å². The van der Waals surface area contributed by atoms with Gasteiger partial charge in [-0.3, -0.25) is 14.3 Å². The van der Waals surface area contributed by atoms with Gasteiger partial charge in [0.15, 0.2) is 0 Å². The highest BCUT2D eigenvalue weighted by atomic mass is 32.2. The van der Waals surface area contributed by atoms with Gasteiger partial charge in [0.1, 0.15) is 10.7 Å². The van der Waals surface area contributed by atoms with Crippen molar-refractivity contribution >= 4 is 39.2 Å². The topological polar surface area (TPSA) is 83.9 Å². The maximum atomic E-state index is 12.9. The number of aryl methyl sites for hydroxylation is 2. The highest BCUT2D eigenvalue weighted by molar-refractivity contribution is 7.99. The van der Waals surface area contributed by atoms with E-state index in [-0.39, 0.29) is 16.7 Å². The zero-order valence-electron chi connectivity index (χ0n) is 19.2. The molecule has 0 saturated carbocycles. The number of aromatic amines is 1. The van der Waals surface area contributed by atoms with Crippen molar-refractivity contribution in [3.63, 3.8) is 0 Å². The maximum absolute atomic E-state index is 12.9. The summed E-state index contributed by atoms with van der Waals surface area (Å²) in [4.78, 5) is 36.4. The number of carbonyl (C=O) groups excluding carboxylic acids is 1. The molecule has 33 heavy (non-hydrogen) atoms. The lowest BCUT2D eigenvalue weighted by molar-refractivity contribution is -0.129. The number of hydrogen-bond acceptors (Lipinski definition) is 6. The van der Waals surface area contributed by atoms with Crippen molar-refractivity contribution in [2.45, 2.75) is 44.9 Å². The minimum Gasteiger partial charge on any atom is -0.340 e. The lowest BCUT2D eigenvalue weighted by Gasteiger charge is -2.20. The van der Waals surface area contributed by atoms with Crippen LogP contribution in [0, 0.1) is 13.8 Å². The Morgan fingerprint density at radius 2 is 2.00 bits per heavy atom. The highest BCUT2D eigenvalue weighted by Gasteiger charge is 2.20. The first-order valence-corrected chi connectivity index (χ1v) is 12.6. The summed E-state index contributed by atoms with van der Waals surface area (Å²) in [6.45, 7) is 7.02. The van der Waals surface area contributed by atoms with Gasteiger partial charge >= 0.3 is 0 Å². The predicted molar refractivity (Wildman–Crippen MR) is 135 cm³/mol. The fraction of sp³-hybridized carbons (Fsp3) is 0.333. The normalized spacial score (nSPS) is 12.2. The number of fused-ring (bicyclic) bond motifs is 1. The van der Waals surface area contributed by atoms with Gasteiger partial charge in [-0.25, -0.2) is 4.98 Å². The second-order valence-electron chi connectivity index (χ2n) is 8.16. The molecule has 7 nitrogen and oxygen atoms in total. The third-order valence-corrected chi connectivity index (χ3v) is 7.82. The maximum Gasteiger partial charge on any atom is 0.259 e. The fourth-order valence-electron chi connectivity index (χ4n) is 3.65. The molecule has 1 unspecified atom stereocenters. The lowest BCUT2D eigenvalue weighted by atomic mass is 10.2. The second kappa shape index (κ2) is 9.93. The highest BCUT2D eigenvalue weighted by Crippen LogP contribution is 2.26. The first kappa shape index (κ1) is 23.3. The van der Waals surface area contributed by atoms with Crippen LogP contribution < -0.4 is 5.56 Å². The average molecular weight is 482 g/mol. The third-order valence-electron chi connectivity index (χ3n) is 5.58. The zero-order chi connectivity index (χ0) is 23.5. The molecule has 3 aromatic heterocycles. The molecule has 172 valence electrons. The minimum absolute atomic E-state index is 0.0297. The standard InChI is InChI=1S/C24H27N5O2S2/c1-15-16(2)33-23-21(15)22(30)26-20(27-23)14-32-17(3)24(31)28(4)11-19-10-25-29(13-19)12-18-8-6-5-7-9-18/h5-10,13,17H,11-12,14H2,1-4H3,(H,26,27,30). The Morgan fingerprint density at radius 1 is 1.24 bits per heavy atom. The van der Waals surface area contributed by atoms with E-state index in [1.807, 2.05) is 49.8 Å². The Labute approximate surface area is 200 Å². The Kier molecular flexibility index (Phi) is 6.99. The molecule has 0 aliphatic rings. The molecule has 9 heteroatoms. The van der Waals surface area contributed by atoms with Gasteiger partial charge in [0, 0.05) is 30.2 Å². The molecule has 0 radical (unpaired) electrons. The molecule has 0 aliphatic carbocycles. The van der Waals surface area contributed by atoms with Crippen LogP contribution in [0.15, 0.2) is 47.5 Å². The molecule has 0 aliphatic heterocycles. The van der Waals surface area contributed by atoms with Gasteiger partial charge in [0.25, 0.3) is 5.56 Å². The van der Waals surface area contributed by atoms with Gasteiger partial charge in [0.2, 0.25) is 5.91 Å². The number of nitrogens with one attached hydrogen (secondary N) is 1. The van der Waals surface area contributed by atoms with E-state index in [2.05, 4.69) is 27.2 Å². The summed E-state index contributed by atoms with van der Waals surface area (Å²) in [7, 11) is 1.80. The monoisotopic (exact) mass is 481 g/mol. The largest absolute Gasteiger partial charge is 0.340 e. The number of nitrogens with zero attached hydrogens (tertiary/aromatic N) is 4. The van der Waals surface area contributed by atoms with Gasteiger partial charge in [-0.1, -0.05) is 30.3 Å². The van der Waals surface area contributed by atoms with E-state index in [4.69, 9.17) is 0 Å². The molecule has 0 spiro atoms. The van der Waals surface area contributed by atoms with E-state index in [0.717, 1.165) is 20.8 Å². The quantitative estimate of drug-likeness (QED) is 0.409. The minimum atomic E-state index is -0.262. The lowest BCUT2D eigenvalue weighted by Crippen LogP contribution is -2.32. The van der Waals surface area contributed by atoms with Gasteiger partial charge in [-0.2, -0.15) is 5.10 Å². The number of hydrogen-bond donors (Lipinski definition) is 1. The van der Waals surface area contributed by atoms with Crippen LogP contribution in [0.3, 0.4) is 0 Å². The van der Waals surface area contributed by atoms with Crippen molar-refractivity contribution < 1.29 is 4.79 Å². The van der Waals surface area contributed by atoms with Crippen molar-refractivity contribution in [2.75, 3.05) is 7.05 Å². The SMILES string of the molecule is Cc1sc2nc(CSC(C)C(=O)N(C)Cc3cnn(Cc4ccccc4)c3)[nH]c(=O)c2c1C. The van der Waals surface area contributed by atoms with Crippen molar-refractivity contribution in [3.8, 4) is 0 Å². The first-order chi connectivity index (χ1) is 15.8. The summed E-state index contributed by atoms with van der Waals surface area (Å²) in [5.41, 5.74) is 3.04. The van der Waals surface area contributed by atoms with Crippen LogP contribution in [0.25, 0.3) is 10.2 Å². The van der Waals surface area contributed by atoms with E-state index >= 15 is 0 Å². The average Bonchev–Trinajstić information content (AvgIpc) is 3.35. The molecule has 0 saturated heterocycles. The number of rotatable bonds is 8. The van der Waals surface area contributed by atoms with E-state index in [1.165, 1.54) is 28.7 Å². The van der Waals surface area contributed by atoms with Crippen LogP contribution in [-0.4, -0.2) is 42.9 Å². The van der Waals surface area contributed by atoms with E-state index < -0.39 is 0 Å². The Hall–Kier alpha value is -2.91. The Bertz CT molecular complexity index is 1330. The number of benzene rings is 1. The van der Waals surface area contributed by atoms with Crippen LogP contribution in [0.4, 0.5) is 0 Å². The van der Waals surface area contributed by atoms with Crippen molar-refractivity contribution in [3.05, 3.63) is 80.5 Å². The van der Waals surface area contributed by atoms with E-state index in [0.29, 0.717) is 30.1 Å². The summed E-state index contributed by atoms with van der Waals surface area (Å²) in [5, 5.41) is 4.83. The van der Waals surface area contributed by atoms with Crippen molar-refractivity contribution in [1.82, 2.24) is 24.6 Å². The van der Waals surface area contributed by atoms with Crippen molar-refractivity contribution in [1.29, 1.82) is 0 Å². The zero-order valence-corrected chi connectivity index (χ0v) is 20.8. The molecule has 0 fully saturated rings. The van der Waals surface area contributed by atoms with Crippen LogP contribution >= 0.6 is 23.1 Å². The fourth-order valence-corrected chi connectivity index (χ4v) is 5.57. The Balaban J connectivity index is 1.33. The van der Waals surface area contributed by atoms with Gasteiger partial charge in [-0.05, 0) is 31.9 Å². The number of aromatic nitrogens is 4. The molecule has 4 rings (SSSR count). The molecular formula is C24H27N5O2S2. The summed E-state index contributed by atoms with van der Waals surface area (Å²) >= 11 is 3.00. The summed E-state index contributed by atoms with van der Waals surface area (Å²) in [6, 6.07) is 10.1. The number of thiophene rings is 1. The van der Waals surface area contributed by atoms with Crippen molar-refractivity contribution in [2.24, 2.45) is 0 Å². The number of H-pyrrole nitrogens is 1. The molecular weight excluding hydrogens is 454 g/mol. The number of thioether (sulfide) groups is 1. The molecule has 1 amide bonds. The molecule has 0 bridgehead atoms. The van der Waals surface area contributed by atoms with Gasteiger partial charge in [-0.15, -0.1) is 23.1 Å². The molecule has 3 heterocycles. The molecule has 1 aromatic carbocycles. The van der Waals surface area contributed by atoms with E-state index in [1.54, 1.807) is 18.1 Å². The smallest absolute Gasteiger partial charge is 0.259 e. The molecule has 1 N–H and O–H groups in total. The molecule has 1 atom stereocenters. The van der Waals surface area contributed by atoms with Gasteiger partial charge < -0.3 is 9.88 Å². The summed E-state index contributed by atoms with van der Waals surface area (Å²) in [5.74, 6) is 1.10. The summed E-state index contributed by atoms with van der Waals surface area (Å²) < 4.78 is 1.88. The van der Waals surface area contributed by atoms with Crippen LogP contribution in [-0.2, 0) is 23.6 Å². The third kappa shape index (κ3) is 5.36. The first-order valence-electron chi connectivity index (χ1n) is 10.7.